The number of thiophene rings is 1. The largest absolute Gasteiger partial charge is 0.333 e. The van der Waals surface area contributed by atoms with Crippen LogP contribution in [0, 0.1) is 0 Å². The third kappa shape index (κ3) is 2.55. The molecule has 0 N–H and O–H groups in total. The molecule has 0 unspecified atom stereocenters. The first-order valence-electron chi connectivity index (χ1n) is 8.04. The normalized spacial score (nSPS) is 26.1. The van der Waals surface area contributed by atoms with E-state index in [1.54, 1.807) is 22.0 Å². The summed E-state index contributed by atoms with van der Waals surface area (Å²) in [6, 6.07) is 1.64. The van der Waals surface area contributed by atoms with Gasteiger partial charge >= 0.3 is 0 Å². The lowest BCUT2D eigenvalue weighted by atomic mass is 9.93. The van der Waals surface area contributed by atoms with E-state index >= 15 is 0 Å². The Bertz CT molecular complexity index is 844. The third-order valence-corrected chi connectivity index (χ3v) is 8.03. The summed E-state index contributed by atoms with van der Waals surface area (Å²) in [7, 11) is -3.09. The number of carbonyl (C=O) groups excluding carboxylic acids is 1. The predicted octanol–water partition coefficient (Wildman–Crippen LogP) is 1.51. The first-order valence-corrected chi connectivity index (χ1v) is 10.6. The van der Waals surface area contributed by atoms with E-state index in [1.165, 1.54) is 11.3 Å². The molecule has 1 saturated heterocycles. The van der Waals surface area contributed by atoms with Gasteiger partial charge in [-0.2, -0.15) is 0 Å². The van der Waals surface area contributed by atoms with Crippen LogP contribution < -0.4 is 0 Å². The van der Waals surface area contributed by atoms with Crippen molar-refractivity contribution < 1.29 is 13.2 Å². The summed E-state index contributed by atoms with van der Waals surface area (Å²) in [5, 5.41) is 9.19. The highest BCUT2D eigenvalue weighted by molar-refractivity contribution is 7.92. The van der Waals surface area contributed by atoms with Gasteiger partial charge in [-0.25, -0.2) is 13.1 Å². The van der Waals surface area contributed by atoms with Crippen LogP contribution in [-0.4, -0.2) is 57.8 Å². The Labute approximate surface area is 144 Å². The fourth-order valence-electron chi connectivity index (χ4n) is 3.76. The van der Waals surface area contributed by atoms with Gasteiger partial charge in [-0.3, -0.25) is 4.79 Å². The van der Waals surface area contributed by atoms with Crippen LogP contribution in [0.2, 0.25) is 0 Å². The summed E-state index contributed by atoms with van der Waals surface area (Å²) in [5.41, 5.74) is 0.697. The van der Waals surface area contributed by atoms with E-state index in [0.717, 1.165) is 19.3 Å². The highest BCUT2D eigenvalue weighted by Crippen LogP contribution is 2.34. The Morgan fingerprint density at radius 3 is 2.92 bits per heavy atom. The van der Waals surface area contributed by atoms with Crippen molar-refractivity contribution in [2.75, 3.05) is 12.3 Å². The molecule has 1 amide bonds. The summed E-state index contributed by atoms with van der Waals surface area (Å²) < 4.78 is 26.3. The Morgan fingerprint density at radius 1 is 1.29 bits per heavy atom. The number of hydrogen-bond donors (Lipinski definition) is 0. The van der Waals surface area contributed by atoms with Crippen molar-refractivity contribution in [2.24, 2.45) is 0 Å². The Balaban J connectivity index is 1.67. The molecular weight excluding hydrogens is 348 g/mol. The van der Waals surface area contributed by atoms with Crippen LogP contribution in [0.15, 0.2) is 23.8 Å². The number of hydrogen-bond acceptors (Lipinski definition) is 6. The van der Waals surface area contributed by atoms with E-state index in [4.69, 9.17) is 0 Å². The highest BCUT2D eigenvalue weighted by Gasteiger charge is 2.45. The number of carbonyl (C=O) groups is 1. The molecule has 0 aromatic carbocycles. The van der Waals surface area contributed by atoms with Gasteiger partial charge in [0.1, 0.15) is 4.88 Å². The molecule has 4 rings (SSSR count). The molecule has 0 spiro atoms. The molecule has 2 aliphatic rings. The zero-order valence-corrected chi connectivity index (χ0v) is 14.7. The van der Waals surface area contributed by atoms with E-state index in [9.17, 15) is 13.2 Å². The SMILES string of the molecule is O=C(c1sccc1-n1ccnn1)N1CCS(=O)(=O)[C@@H]2CCCC[C@H]21. The molecule has 2 fully saturated rings. The van der Waals surface area contributed by atoms with Crippen LogP contribution in [-0.2, 0) is 9.84 Å². The van der Waals surface area contributed by atoms with Gasteiger partial charge in [0.15, 0.2) is 9.84 Å². The monoisotopic (exact) mass is 366 g/mol. The zero-order chi connectivity index (χ0) is 16.7. The molecular formula is C15H18N4O3S2. The number of rotatable bonds is 2. The lowest BCUT2D eigenvalue weighted by molar-refractivity contribution is 0.0643. The maximum absolute atomic E-state index is 13.1. The molecule has 0 bridgehead atoms. The smallest absolute Gasteiger partial charge is 0.266 e. The molecule has 1 aliphatic heterocycles. The number of fused-ring (bicyclic) bond motifs is 1. The average Bonchev–Trinajstić information content (AvgIpc) is 3.25. The first kappa shape index (κ1) is 15.8. The van der Waals surface area contributed by atoms with Crippen molar-refractivity contribution in [3.63, 3.8) is 0 Å². The number of nitrogens with zero attached hydrogens (tertiary/aromatic N) is 4. The van der Waals surface area contributed by atoms with Gasteiger partial charge in [0.2, 0.25) is 0 Å². The average molecular weight is 366 g/mol. The predicted molar refractivity (Wildman–Crippen MR) is 90.1 cm³/mol. The number of aromatic nitrogens is 3. The van der Waals surface area contributed by atoms with Gasteiger partial charge in [0, 0.05) is 12.6 Å². The second-order valence-electron chi connectivity index (χ2n) is 6.24. The molecule has 128 valence electrons. The fraction of sp³-hybridized carbons (Fsp3) is 0.533. The highest BCUT2D eigenvalue weighted by atomic mass is 32.2. The van der Waals surface area contributed by atoms with Gasteiger partial charge in [-0.05, 0) is 24.3 Å². The topological polar surface area (TPSA) is 85.2 Å². The summed E-state index contributed by atoms with van der Waals surface area (Å²) in [4.78, 5) is 15.5. The van der Waals surface area contributed by atoms with Crippen LogP contribution in [0.4, 0.5) is 0 Å². The minimum atomic E-state index is -3.09. The maximum atomic E-state index is 13.1. The van der Waals surface area contributed by atoms with E-state index in [1.807, 2.05) is 11.4 Å². The third-order valence-electron chi connectivity index (χ3n) is 4.91. The van der Waals surface area contributed by atoms with E-state index < -0.39 is 15.1 Å². The van der Waals surface area contributed by atoms with Crippen molar-refractivity contribution in [1.82, 2.24) is 19.9 Å². The fourth-order valence-corrected chi connectivity index (χ4v) is 6.63. The molecule has 1 aliphatic carbocycles. The molecule has 2 aromatic heterocycles. The van der Waals surface area contributed by atoms with Crippen LogP contribution in [0.5, 0.6) is 0 Å². The minimum Gasteiger partial charge on any atom is -0.333 e. The van der Waals surface area contributed by atoms with Gasteiger partial charge in [-0.15, -0.1) is 16.4 Å². The van der Waals surface area contributed by atoms with Gasteiger partial charge in [-0.1, -0.05) is 18.1 Å². The summed E-state index contributed by atoms with van der Waals surface area (Å²) in [5.74, 6) is -0.0356. The summed E-state index contributed by atoms with van der Waals surface area (Å²) in [6.07, 6.45) is 6.59. The minimum absolute atomic E-state index is 0.0595. The number of amides is 1. The number of sulfone groups is 1. The van der Waals surface area contributed by atoms with Crippen LogP contribution >= 0.6 is 11.3 Å². The molecule has 1 saturated carbocycles. The van der Waals surface area contributed by atoms with Crippen LogP contribution in [0.3, 0.4) is 0 Å². The maximum Gasteiger partial charge on any atom is 0.266 e. The molecule has 7 nitrogen and oxygen atoms in total. The van der Waals surface area contributed by atoms with Crippen LogP contribution in [0.25, 0.3) is 5.69 Å². The molecule has 2 atom stereocenters. The summed E-state index contributed by atoms with van der Waals surface area (Å²) >= 11 is 1.36. The first-order chi connectivity index (χ1) is 11.6. The molecule has 9 heteroatoms. The van der Waals surface area contributed by atoms with Crippen molar-refractivity contribution in [1.29, 1.82) is 0 Å². The van der Waals surface area contributed by atoms with Gasteiger partial charge < -0.3 is 4.90 Å². The molecule has 3 heterocycles. The molecule has 24 heavy (non-hydrogen) atoms. The zero-order valence-electron chi connectivity index (χ0n) is 13.0. The Kier molecular flexibility index (Phi) is 3.92. The van der Waals surface area contributed by atoms with E-state index in [0.29, 0.717) is 17.0 Å². The second kappa shape index (κ2) is 5.96. The standard InChI is InChI=1S/C15H18N4O3S2/c20-15(14-12(5-9-23-14)19-7-6-16-17-19)18-8-10-24(21,22)13-4-2-1-3-11(13)18/h5-7,9,11,13H,1-4,8,10H2/t11-,13-/m1/s1. The molecule has 2 aromatic rings. The quantitative estimate of drug-likeness (QED) is 0.804. The second-order valence-corrected chi connectivity index (χ2v) is 9.49. The van der Waals surface area contributed by atoms with Gasteiger partial charge in [0.05, 0.1) is 29.1 Å². The van der Waals surface area contributed by atoms with Crippen molar-refractivity contribution in [3.8, 4) is 5.69 Å². The van der Waals surface area contributed by atoms with Crippen molar-refractivity contribution >= 4 is 27.1 Å². The summed E-state index contributed by atoms with van der Waals surface area (Å²) in [6.45, 7) is 0.275. The van der Waals surface area contributed by atoms with Crippen LogP contribution in [0.1, 0.15) is 35.4 Å². The van der Waals surface area contributed by atoms with Gasteiger partial charge in [0.25, 0.3) is 5.91 Å². The Morgan fingerprint density at radius 2 is 2.12 bits per heavy atom. The lowest BCUT2D eigenvalue weighted by Gasteiger charge is -2.43. The van der Waals surface area contributed by atoms with Crippen molar-refractivity contribution in [2.45, 2.75) is 37.0 Å². The van der Waals surface area contributed by atoms with E-state index in [2.05, 4.69) is 10.3 Å². The molecule has 0 radical (unpaired) electrons. The van der Waals surface area contributed by atoms with E-state index in [-0.39, 0.29) is 24.2 Å². The lowest BCUT2D eigenvalue weighted by Crippen LogP contribution is -2.57. The van der Waals surface area contributed by atoms with Crippen molar-refractivity contribution in [3.05, 3.63) is 28.7 Å². The Hall–Kier alpha value is -1.74.